The highest BCUT2D eigenvalue weighted by Crippen LogP contribution is 2.19. The number of hydrogen-bond donors (Lipinski definition) is 2. The second kappa shape index (κ2) is 12.1. The number of aliphatic imine (C=N–C) groups is 1. The van der Waals surface area contributed by atoms with Gasteiger partial charge in [-0.1, -0.05) is 27.7 Å². The molecule has 2 atom stereocenters. The summed E-state index contributed by atoms with van der Waals surface area (Å²) < 4.78 is 0. The van der Waals surface area contributed by atoms with E-state index in [4.69, 9.17) is 4.99 Å². The van der Waals surface area contributed by atoms with Crippen LogP contribution in [0.3, 0.4) is 0 Å². The van der Waals surface area contributed by atoms with Gasteiger partial charge in [0, 0.05) is 44.2 Å². The van der Waals surface area contributed by atoms with Crippen LogP contribution in [0, 0.1) is 11.8 Å². The number of carbonyl (C=O) groups excluding carboxylic acids is 1. The Balaban J connectivity index is 0.00000364. The summed E-state index contributed by atoms with van der Waals surface area (Å²) >= 11 is 0. The summed E-state index contributed by atoms with van der Waals surface area (Å²) in [6, 6.07) is 0.862. The van der Waals surface area contributed by atoms with Crippen LogP contribution in [0.2, 0.25) is 0 Å². The maximum absolute atomic E-state index is 12.2. The van der Waals surface area contributed by atoms with E-state index in [1.807, 2.05) is 18.7 Å². The number of guanidine groups is 1. The van der Waals surface area contributed by atoms with Gasteiger partial charge in [-0.2, -0.15) is 0 Å². The first kappa shape index (κ1) is 24.5. The van der Waals surface area contributed by atoms with Gasteiger partial charge in [0.2, 0.25) is 5.91 Å². The van der Waals surface area contributed by atoms with Crippen LogP contribution in [-0.2, 0) is 4.79 Å². The Morgan fingerprint density at radius 1 is 1.19 bits per heavy atom. The van der Waals surface area contributed by atoms with Crippen molar-refractivity contribution >= 4 is 35.8 Å². The van der Waals surface area contributed by atoms with E-state index in [1.54, 1.807) is 0 Å². The average molecular weight is 493 g/mol. The minimum Gasteiger partial charge on any atom is -0.357 e. The zero-order valence-corrected chi connectivity index (χ0v) is 20.2. The molecular weight excluding hydrogens is 453 g/mol. The predicted molar refractivity (Wildman–Crippen MR) is 124 cm³/mol. The average Bonchev–Trinajstić information content (AvgIpc) is 3.21. The van der Waals surface area contributed by atoms with Crippen molar-refractivity contribution < 1.29 is 4.79 Å². The molecule has 0 aromatic rings. The molecule has 0 bridgehead atoms. The Morgan fingerprint density at radius 3 is 2.56 bits per heavy atom. The van der Waals surface area contributed by atoms with Crippen molar-refractivity contribution in [1.82, 2.24) is 20.4 Å². The Morgan fingerprint density at radius 2 is 1.93 bits per heavy atom. The molecule has 2 aliphatic heterocycles. The van der Waals surface area contributed by atoms with Crippen molar-refractivity contribution in [3.8, 4) is 0 Å². The van der Waals surface area contributed by atoms with E-state index in [0.717, 1.165) is 38.6 Å². The summed E-state index contributed by atoms with van der Waals surface area (Å²) in [5, 5.41) is 6.92. The van der Waals surface area contributed by atoms with Crippen LogP contribution in [0.25, 0.3) is 0 Å². The molecule has 0 aromatic heterocycles. The highest BCUT2D eigenvalue weighted by atomic mass is 127. The van der Waals surface area contributed by atoms with Gasteiger partial charge in [-0.05, 0) is 38.6 Å². The predicted octanol–water partition coefficient (Wildman–Crippen LogP) is 2.54. The summed E-state index contributed by atoms with van der Waals surface area (Å²) in [6.45, 7) is 16.3. The summed E-state index contributed by atoms with van der Waals surface area (Å²) in [6.07, 6.45) is 3.52. The van der Waals surface area contributed by atoms with Crippen LogP contribution in [0.15, 0.2) is 4.99 Å². The molecule has 2 rings (SSSR count). The third-order valence-electron chi connectivity index (χ3n) is 5.24. The van der Waals surface area contributed by atoms with E-state index < -0.39 is 0 Å². The SMILES string of the molecule is CCNC(=NC[C@H]1CCCN1CC(C)C)NC1CCN(C(=O)C(C)C)C1.I. The number of halogens is 1. The molecule has 2 heterocycles. The quantitative estimate of drug-likeness (QED) is 0.325. The van der Waals surface area contributed by atoms with Crippen LogP contribution in [-0.4, -0.2) is 73.0 Å². The Bertz CT molecular complexity index is 483. The first-order valence-electron chi connectivity index (χ1n) is 10.5. The Hall–Kier alpha value is -0.570. The van der Waals surface area contributed by atoms with Gasteiger partial charge in [0.15, 0.2) is 5.96 Å². The fraction of sp³-hybridized carbons (Fsp3) is 0.900. The highest BCUT2D eigenvalue weighted by Gasteiger charge is 2.28. The lowest BCUT2D eigenvalue weighted by molar-refractivity contribution is -0.133. The van der Waals surface area contributed by atoms with E-state index in [9.17, 15) is 4.79 Å². The number of likely N-dealkylation sites (tertiary alicyclic amines) is 2. The van der Waals surface area contributed by atoms with Crippen molar-refractivity contribution in [3.05, 3.63) is 0 Å². The summed E-state index contributed by atoms with van der Waals surface area (Å²) in [5.41, 5.74) is 0. The van der Waals surface area contributed by atoms with Crippen LogP contribution >= 0.6 is 24.0 Å². The van der Waals surface area contributed by atoms with Crippen molar-refractivity contribution in [1.29, 1.82) is 0 Å². The van der Waals surface area contributed by atoms with Gasteiger partial charge in [0.1, 0.15) is 0 Å². The lowest BCUT2D eigenvalue weighted by Crippen LogP contribution is -2.46. The molecule has 2 saturated heterocycles. The van der Waals surface area contributed by atoms with Gasteiger partial charge in [-0.15, -0.1) is 24.0 Å². The van der Waals surface area contributed by atoms with Crippen molar-refractivity contribution in [2.45, 2.75) is 66.0 Å². The zero-order valence-electron chi connectivity index (χ0n) is 17.8. The van der Waals surface area contributed by atoms with Crippen LogP contribution in [0.5, 0.6) is 0 Å². The number of amides is 1. The molecule has 0 saturated carbocycles. The molecule has 0 aromatic carbocycles. The first-order chi connectivity index (χ1) is 12.4. The molecule has 2 N–H and O–H groups in total. The smallest absolute Gasteiger partial charge is 0.225 e. The monoisotopic (exact) mass is 493 g/mol. The van der Waals surface area contributed by atoms with Crippen LogP contribution in [0.4, 0.5) is 0 Å². The number of carbonyl (C=O) groups is 1. The van der Waals surface area contributed by atoms with E-state index >= 15 is 0 Å². The van der Waals surface area contributed by atoms with E-state index in [-0.39, 0.29) is 35.8 Å². The van der Waals surface area contributed by atoms with E-state index in [2.05, 4.69) is 36.3 Å². The van der Waals surface area contributed by atoms with Gasteiger partial charge < -0.3 is 15.5 Å². The Labute approximate surface area is 182 Å². The number of hydrogen-bond acceptors (Lipinski definition) is 3. The second-order valence-corrected chi connectivity index (χ2v) is 8.47. The molecule has 0 radical (unpaired) electrons. The molecule has 158 valence electrons. The first-order valence-corrected chi connectivity index (χ1v) is 10.5. The van der Waals surface area contributed by atoms with Crippen molar-refractivity contribution in [2.75, 3.05) is 39.3 Å². The van der Waals surface area contributed by atoms with Gasteiger partial charge in [0.05, 0.1) is 6.54 Å². The summed E-state index contributed by atoms with van der Waals surface area (Å²) in [7, 11) is 0. The van der Waals surface area contributed by atoms with E-state index in [1.165, 1.54) is 25.9 Å². The minimum absolute atomic E-state index is 0. The Kier molecular flexibility index (Phi) is 11.0. The lowest BCUT2D eigenvalue weighted by atomic mass is 10.2. The zero-order chi connectivity index (χ0) is 19.1. The van der Waals surface area contributed by atoms with Crippen LogP contribution < -0.4 is 10.6 Å². The third-order valence-corrected chi connectivity index (χ3v) is 5.24. The number of rotatable bonds is 7. The normalized spacial score (nSPS) is 23.8. The molecule has 27 heavy (non-hydrogen) atoms. The molecule has 0 aliphatic carbocycles. The molecule has 2 aliphatic rings. The fourth-order valence-corrected chi connectivity index (χ4v) is 3.96. The second-order valence-electron chi connectivity index (χ2n) is 8.47. The van der Waals surface area contributed by atoms with Gasteiger partial charge >= 0.3 is 0 Å². The largest absolute Gasteiger partial charge is 0.357 e. The molecule has 0 spiro atoms. The molecule has 7 heteroatoms. The topological polar surface area (TPSA) is 60.0 Å². The lowest BCUT2D eigenvalue weighted by Gasteiger charge is -2.25. The molecule has 1 unspecified atom stereocenters. The standard InChI is InChI=1S/C20H39N5O.HI/c1-6-21-20(22-12-18-8-7-10-24(18)13-15(2)3)23-17-9-11-25(14-17)19(26)16(4)5;/h15-18H,6-14H2,1-5H3,(H2,21,22,23);1H/t17?,18-;/m1./s1. The highest BCUT2D eigenvalue weighted by molar-refractivity contribution is 14.0. The van der Waals surface area contributed by atoms with Crippen LogP contribution in [0.1, 0.15) is 53.9 Å². The van der Waals surface area contributed by atoms with E-state index in [0.29, 0.717) is 18.0 Å². The third kappa shape index (κ3) is 7.75. The molecule has 1 amide bonds. The minimum atomic E-state index is 0. The van der Waals surface area contributed by atoms with Gasteiger partial charge in [-0.3, -0.25) is 14.7 Å². The summed E-state index contributed by atoms with van der Waals surface area (Å²) in [4.78, 5) is 21.6. The summed E-state index contributed by atoms with van der Waals surface area (Å²) in [5.74, 6) is 1.93. The van der Waals surface area contributed by atoms with Gasteiger partial charge in [0.25, 0.3) is 0 Å². The molecule has 2 fully saturated rings. The van der Waals surface area contributed by atoms with Crippen molar-refractivity contribution in [2.24, 2.45) is 16.8 Å². The maximum atomic E-state index is 12.2. The number of nitrogens with zero attached hydrogens (tertiary/aromatic N) is 3. The molecular formula is C20H40IN5O. The van der Waals surface area contributed by atoms with Gasteiger partial charge in [-0.25, -0.2) is 0 Å². The number of nitrogens with one attached hydrogen (secondary N) is 2. The van der Waals surface area contributed by atoms with Crippen molar-refractivity contribution in [3.63, 3.8) is 0 Å². The fourth-order valence-electron chi connectivity index (χ4n) is 3.96. The molecule has 6 nitrogen and oxygen atoms in total. The maximum Gasteiger partial charge on any atom is 0.225 e.